The number of hydrogen-bond donors (Lipinski definition) is 1. The molecule has 16 heavy (non-hydrogen) atoms. The lowest BCUT2D eigenvalue weighted by Crippen LogP contribution is -2.30. The summed E-state index contributed by atoms with van der Waals surface area (Å²) in [5.74, 6) is 0.807. The fourth-order valence-corrected chi connectivity index (χ4v) is 1.85. The Hall–Kier alpha value is -1.29. The molecule has 1 N–H and O–H groups in total. The molecular formula is C12H17NO3. The SMILES string of the molecule is O=C(CC1CCCCO1)NCc1ccco1. The van der Waals surface area contributed by atoms with Gasteiger partial charge < -0.3 is 14.5 Å². The minimum atomic E-state index is 0.0308. The number of ether oxygens (including phenoxy) is 1. The molecule has 1 aliphatic rings. The van der Waals surface area contributed by atoms with Crippen molar-refractivity contribution in [1.29, 1.82) is 0 Å². The molecule has 0 bridgehead atoms. The highest BCUT2D eigenvalue weighted by molar-refractivity contribution is 5.76. The normalized spacial score (nSPS) is 20.6. The van der Waals surface area contributed by atoms with Crippen LogP contribution in [0.4, 0.5) is 0 Å². The molecule has 1 aliphatic heterocycles. The molecule has 0 aliphatic carbocycles. The van der Waals surface area contributed by atoms with Gasteiger partial charge >= 0.3 is 0 Å². The molecule has 88 valence electrons. The summed E-state index contributed by atoms with van der Waals surface area (Å²) < 4.78 is 10.6. The smallest absolute Gasteiger partial charge is 0.222 e. The van der Waals surface area contributed by atoms with Crippen molar-refractivity contribution >= 4 is 5.91 Å². The molecule has 1 aromatic rings. The van der Waals surface area contributed by atoms with Crippen molar-refractivity contribution in [2.24, 2.45) is 0 Å². The summed E-state index contributed by atoms with van der Waals surface area (Å²) in [6.45, 7) is 1.24. The van der Waals surface area contributed by atoms with Crippen molar-refractivity contribution in [2.75, 3.05) is 6.61 Å². The van der Waals surface area contributed by atoms with Gasteiger partial charge in [-0.2, -0.15) is 0 Å². The largest absolute Gasteiger partial charge is 0.467 e. The maximum absolute atomic E-state index is 11.6. The third-order valence-corrected chi connectivity index (χ3v) is 2.73. The standard InChI is InChI=1S/C12H17NO3/c14-12(8-10-4-1-2-6-15-10)13-9-11-5-3-7-16-11/h3,5,7,10H,1-2,4,6,8-9H2,(H,13,14). The van der Waals surface area contributed by atoms with Crippen LogP contribution in [0.1, 0.15) is 31.4 Å². The highest BCUT2D eigenvalue weighted by Gasteiger charge is 2.17. The number of rotatable bonds is 4. The molecule has 1 fully saturated rings. The lowest BCUT2D eigenvalue weighted by molar-refractivity contribution is -0.125. The molecule has 1 amide bonds. The van der Waals surface area contributed by atoms with Gasteiger partial charge in [-0.25, -0.2) is 0 Å². The maximum Gasteiger partial charge on any atom is 0.222 e. The van der Waals surface area contributed by atoms with Gasteiger partial charge in [-0.05, 0) is 31.4 Å². The molecule has 2 rings (SSSR count). The van der Waals surface area contributed by atoms with E-state index in [-0.39, 0.29) is 12.0 Å². The Morgan fingerprint density at radius 3 is 3.12 bits per heavy atom. The molecule has 1 atom stereocenters. The number of amides is 1. The highest BCUT2D eigenvalue weighted by atomic mass is 16.5. The van der Waals surface area contributed by atoms with Crippen LogP contribution < -0.4 is 5.32 Å². The topological polar surface area (TPSA) is 51.5 Å². The summed E-state index contributed by atoms with van der Waals surface area (Å²) >= 11 is 0. The van der Waals surface area contributed by atoms with Crippen LogP contribution in [0.5, 0.6) is 0 Å². The second kappa shape index (κ2) is 5.70. The third-order valence-electron chi connectivity index (χ3n) is 2.73. The van der Waals surface area contributed by atoms with Crippen LogP contribution in [0, 0.1) is 0 Å². The van der Waals surface area contributed by atoms with E-state index in [0.717, 1.165) is 31.6 Å². The van der Waals surface area contributed by atoms with Crippen LogP contribution in [0.3, 0.4) is 0 Å². The predicted molar refractivity (Wildman–Crippen MR) is 58.8 cm³/mol. The first-order valence-electron chi connectivity index (χ1n) is 5.75. The molecule has 0 spiro atoms. The van der Waals surface area contributed by atoms with E-state index in [1.807, 2.05) is 12.1 Å². The molecule has 1 aromatic heterocycles. The molecule has 0 aromatic carbocycles. The summed E-state index contributed by atoms with van der Waals surface area (Å²) in [6.07, 6.45) is 5.44. The molecule has 0 radical (unpaired) electrons. The first kappa shape index (κ1) is 11.2. The minimum absolute atomic E-state index is 0.0308. The molecule has 4 heteroatoms. The van der Waals surface area contributed by atoms with Crippen molar-refractivity contribution in [2.45, 2.75) is 38.3 Å². The Kier molecular flexibility index (Phi) is 3.99. The van der Waals surface area contributed by atoms with Gasteiger partial charge in [-0.3, -0.25) is 4.79 Å². The van der Waals surface area contributed by atoms with Crippen molar-refractivity contribution in [3.63, 3.8) is 0 Å². The number of hydrogen-bond acceptors (Lipinski definition) is 3. The molecule has 2 heterocycles. The van der Waals surface area contributed by atoms with Crippen LogP contribution in [0.15, 0.2) is 22.8 Å². The third kappa shape index (κ3) is 3.38. The lowest BCUT2D eigenvalue weighted by Gasteiger charge is -2.21. The zero-order valence-corrected chi connectivity index (χ0v) is 9.28. The van der Waals surface area contributed by atoms with Crippen molar-refractivity contribution < 1.29 is 13.9 Å². The monoisotopic (exact) mass is 223 g/mol. The van der Waals surface area contributed by atoms with E-state index in [4.69, 9.17) is 9.15 Å². The lowest BCUT2D eigenvalue weighted by atomic mass is 10.1. The second-order valence-corrected chi connectivity index (χ2v) is 4.05. The Bertz CT molecular complexity index is 315. The highest BCUT2D eigenvalue weighted by Crippen LogP contribution is 2.15. The summed E-state index contributed by atoms with van der Waals surface area (Å²) in [7, 11) is 0. The van der Waals surface area contributed by atoms with Crippen molar-refractivity contribution in [3.8, 4) is 0 Å². The summed E-state index contributed by atoms with van der Waals surface area (Å²) in [4.78, 5) is 11.6. The predicted octanol–water partition coefficient (Wildman–Crippen LogP) is 1.85. The van der Waals surface area contributed by atoms with E-state index in [0.29, 0.717) is 13.0 Å². The Balaban J connectivity index is 1.67. The molecule has 1 unspecified atom stereocenters. The van der Waals surface area contributed by atoms with Gasteiger partial charge in [0, 0.05) is 6.61 Å². The fraction of sp³-hybridized carbons (Fsp3) is 0.583. The molecular weight excluding hydrogens is 206 g/mol. The van der Waals surface area contributed by atoms with E-state index >= 15 is 0 Å². The average molecular weight is 223 g/mol. The molecule has 0 saturated carbocycles. The van der Waals surface area contributed by atoms with E-state index in [2.05, 4.69) is 5.32 Å². The number of nitrogens with one attached hydrogen (secondary N) is 1. The van der Waals surface area contributed by atoms with E-state index in [9.17, 15) is 4.79 Å². The summed E-state index contributed by atoms with van der Waals surface area (Å²) in [5.41, 5.74) is 0. The van der Waals surface area contributed by atoms with Crippen LogP contribution in [0.25, 0.3) is 0 Å². The Morgan fingerprint density at radius 2 is 2.44 bits per heavy atom. The zero-order chi connectivity index (χ0) is 11.2. The second-order valence-electron chi connectivity index (χ2n) is 4.05. The quantitative estimate of drug-likeness (QED) is 0.847. The summed E-state index contributed by atoms with van der Waals surface area (Å²) in [5, 5.41) is 2.82. The maximum atomic E-state index is 11.6. The van der Waals surface area contributed by atoms with Gasteiger partial charge in [0.15, 0.2) is 0 Å². The molecule has 1 saturated heterocycles. The zero-order valence-electron chi connectivity index (χ0n) is 9.28. The van der Waals surface area contributed by atoms with Crippen LogP contribution in [0.2, 0.25) is 0 Å². The summed E-state index contributed by atoms with van der Waals surface area (Å²) in [6, 6.07) is 3.66. The van der Waals surface area contributed by atoms with E-state index < -0.39 is 0 Å². The van der Waals surface area contributed by atoms with Gasteiger partial charge in [-0.15, -0.1) is 0 Å². The Morgan fingerprint density at radius 1 is 1.50 bits per heavy atom. The first-order valence-corrected chi connectivity index (χ1v) is 5.75. The van der Waals surface area contributed by atoms with Crippen LogP contribution in [-0.4, -0.2) is 18.6 Å². The van der Waals surface area contributed by atoms with Crippen molar-refractivity contribution in [3.05, 3.63) is 24.2 Å². The fourth-order valence-electron chi connectivity index (χ4n) is 1.85. The number of carbonyl (C=O) groups is 1. The number of furan rings is 1. The van der Waals surface area contributed by atoms with Crippen molar-refractivity contribution in [1.82, 2.24) is 5.32 Å². The van der Waals surface area contributed by atoms with Gasteiger partial charge in [0.2, 0.25) is 5.91 Å². The average Bonchev–Trinajstić information content (AvgIpc) is 2.81. The number of carbonyl (C=O) groups excluding carboxylic acids is 1. The van der Waals surface area contributed by atoms with Crippen LogP contribution in [-0.2, 0) is 16.1 Å². The first-order chi connectivity index (χ1) is 7.84. The van der Waals surface area contributed by atoms with Gasteiger partial charge in [-0.1, -0.05) is 0 Å². The van der Waals surface area contributed by atoms with E-state index in [1.54, 1.807) is 6.26 Å². The van der Waals surface area contributed by atoms with Crippen LogP contribution >= 0.6 is 0 Å². The Labute approximate surface area is 95.0 Å². The van der Waals surface area contributed by atoms with E-state index in [1.165, 1.54) is 0 Å². The van der Waals surface area contributed by atoms with Gasteiger partial charge in [0.05, 0.1) is 25.3 Å². The molecule has 4 nitrogen and oxygen atoms in total. The minimum Gasteiger partial charge on any atom is -0.467 e. The van der Waals surface area contributed by atoms with Gasteiger partial charge in [0.25, 0.3) is 0 Å². The van der Waals surface area contributed by atoms with Gasteiger partial charge in [0.1, 0.15) is 5.76 Å².